The Morgan fingerprint density at radius 3 is 1.42 bits per heavy atom. The van der Waals surface area contributed by atoms with Crippen molar-refractivity contribution in [1.82, 2.24) is 24.6 Å². The van der Waals surface area contributed by atoms with Crippen LogP contribution in [0.4, 0.5) is 5.82 Å². The average molecular weight is 1080 g/mol. The van der Waals surface area contributed by atoms with Crippen molar-refractivity contribution >= 4 is 36.5 Å². The number of esters is 2. The zero-order valence-electron chi connectivity index (χ0n) is 45.2. The lowest BCUT2D eigenvalue weighted by atomic mass is 9.68. The van der Waals surface area contributed by atoms with Gasteiger partial charge in [-0.1, -0.05) is 182 Å². The number of carbonyl (C=O) groups excluding carboxylic acids is 2. The fourth-order valence-electron chi connectivity index (χ4n) is 9.79. The Morgan fingerprint density at radius 1 is 0.628 bits per heavy atom. The Bertz CT molecular complexity index is 3050. The summed E-state index contributed by atoms with van der Waals surface area (Å²) in [5.74, 6) is -1.65. The van der Waals surface area contributed by atoms with Crippen molar-refractivity contribution < 1.29 is 47.5 Å². The number of anilines is 1. The second kappa shape index (κ2) is 24.5. The molecule has 0 fully saturated rings. The maximum absolute atomic E-state index is 13.9. The number of imidazole rings is 1. The summed E-state index contributed by atoms with van der Waals surface area (Å²) in [6.07, 6.45) is -1.25. The second-order valence-electron chi connectivity index (χ2n) is 20.6. The van der Waals surface area contributed by atoms with Gasteiger partial charge in [-0.3, -0.25) is 13.9 Å². The number of nitrogens with zero attached hydrogens (tertiary/aromatic N) is 5. The summed E-state index contributed by atoms with van der Waals surface area (Å²) >= 11 is 0. The van der Waals surface area contributed by atoms with E-state index in [2.05, 4.69) is 78.3 Å². The molecule has 0 saturated heterocycles. The molecule has 0 radical (unpaired) electrons. The molecule has 2 unspecified atom stereocenters. The van der Waals surface area contributed by atoms with Gasteiger partial charge in [-0.05, 0) is 81.3 Å². The fraction of sp³-hybridized carbons (Fsp3) is 0.295. The third-order valence-corrected chi connectivity index (χ3v) is 13.9. The first kappa shape index (κ1) is 56.8. The molecule has 17 heteroatoms. The minimum atomic E-state index is -4.87. The first-order valence-electron chi connectivity index (χ1n) is 25.6. The van der Waals surface area contributed by atoms with E-state index in [4.69, 9.17) is 43.4 Å². The quantitative estimate of drug-likeness (QED) is 0.0154. The first-order valence-corrected chi connectivity index (χ1v) is 27.4. The van der Waals surface area contributed by atoms with E-state index in [1.54, 1.807) is 55.0 Å². The van der Waals surface area contributed by atoms with E-state index in [9.17, 15) is 19.0 Å². The largest absolute Gasteiger partial charge is 0.458 e. The third-order valence-electron chi connectivity index (χ3n) is 12.9. The molecular weight excluding hydrogens is 1010 g/mol. The van der Waals surface area contributed by atoms with Crippen molar-refractivity contribution in [3.8, 4) is 0 Å². The molecule has 0 aliphatic rings. The molecule has 0 amide bonds. The number of benzene rings is 6. The Morgan fingerprint density at radius 2 is 1.04 bits per heavy atom. The van der Waals surface area contributed by atoms with Crippen LogP contribution in [0, 0.1) is 0 Å². The van der Waals surface area contributed by atoms with Gasteiger partial charge in [-0.15, -0.1) is 0 Å². The molecule has 0 saturated carbocycles. The number of nitrogens with one attached hydrogen (secondary N) is 1. The van der Waals surface area contributed by atoms with Crippen LogP contribution < -0.4 is 5.48 Å². The number of carbonyl (C=O) groups is 2. The molecule has 0 spiro atoms. The van der Waals surface area contributed by atoms with Crippen molar-refractivity contribution in [2.75, 3.05) is 39.2 Å². The Kier molecular flexibility index (Phi) is 17.8. The smallest absolute Gasteiger partial charge is 0.354 e. The lowest BCUT2D eigenvalue weighted by molar-refractivity contribution is -0.188. The van der Waals surface area contributed by atoms with Crippen LogP contribution in [0.1, 0.15) is 93.2 Å². The molecule has 0 bridgehead atoms. The molecule has 2 N–H and O–H groups in total. The van der Waals surface area contributed by atoms with Crippen molar-refractivity contribution in [3.05, 3.63) is 228 Å². The van der Waals surface area contributed by atoms with Crippen molar-refractivity contribution in [1.29, 1.82) is 0 Å². The molecule has 0 aliphatic heterocycles. The summed E-state index contributed by atoms with van der Waals surface area (Å²) in [6, 6.07) is 59.8. The Labute approximate surface area is 455 Å². The minimum absolute atomic E-state index is 0.129. The van der Waals surface area contributed by atoms with Gasteiger partial charge in [0.1, 0.15) is 28.5 Å². The van der Waals surface area contributed by atoms with Gasteiger partial charge < -0.3 is 28.5 Å². The van der Waals surface area contributed by atoms with E-state index in [0.29, 0.717) is 22.8 Å². The van der Waals surface area contributed by atoms with Gasteiger partial charge in [-0.2, -0.15) is 5.06 Å². The Balaban J connectivity index is 1.28. The van der Waals surface area contributed by atoms with Crippen molar-refractivity contribution in [3.63, 3.8) is 0 Å². The van der Waals surface area contributed by atoms with Gasteiger partial charge in [0.15, 0.2) is 22.8 Å². The standard InChI is InChI=1S/C61H67N6O10P/c1-58(2,3)75-55(68)52(56(69)76-59(4,5)6)77-78(70,71)43-74-40-39-50(41-67(73-8)61(47-33-21-12-22-34-47,48-35-23-13-24-36-48)49-37-25-14-26-38-49)66-42-62-51-53(65-72-7)63-57(64-54(51)66)60(44-27-15-9-16-28-44,45-29-17-10-18-30-45)46-31-19-11-20-32-46/h9-38,42,50,52H,39-41,43H2,1-8H3,(H,70,71)(H,63,64,65). The highest BCUT2D eigenvalue weighted by Crippen LogP contribution is 2.47. The molecule has 406 valence electrons. The van der Waals surface area contributed by atoms with Crippen LogP contribution >= 0.6 is 7.60 Å². The van der Waals surface area contributed by atoms with E-state index < -0.39 is 60.2 Å². The highest BCUT2D eigenvalue weighted by atomic mass is 31.2. The molecule has 2 aromatic heterocycles. The van der Waals surface area contributed by atoms with E-state index >= 15 is 0 Å². The van der Waals surface area contributed by atoms with E-state index in [1.165, 1.54) is 7.11 Å². The molecule has 78 heavy (non-hydrogen) atoms. The number of fused-ring (bicyclic) bond motifs is 1. The number of ether oxygens (including phenoxy) is 3. The molecule has 0 aliphatic carbocycles. The average Bonchev–Trinajstić information content (AvgIpc) is 3.95. The summed E-state index contributed by atoms with van der Waals surface area (Å²) in [5.41, 5.74) is 4.98. The monoisotopic (exact) mass is 1070 g/mol. The van der Waals surface area contributed by atoms with E-state index in [1.807, 2.05) is 119 Å². The molecule has 8 aromatic rings. The second-order valence-corrected chi connectivity index (χ2v) is 22.3. The van der Waals surface area contributed by atoms with Crippen LogP contribution in [-0.2, 0) is 53.5 Å². The maximum Gasteiger partial charge on any atom is 0.354 e. The summed E-state index contributed by atoms with van der Waals surface area (Å²) in [5, 5.41) is 1.93. The van der Waals surface area contributed by atoms with Gasteiger partial charge in [0.25, 0.3) is 6.10 Å². The third kappa shape index (κ3) is 12.6. The number of hydrogen-bond donors (Lipinski definition) is 2. The van der Waals surface area contributed by atoms with Crippen molar-refractivity contribution in [2.24, 2.45) is 0 Å². The van der Waals surface area contributed by atoms with Crippen molar-refractivity contribution in [2.45, 2.75) is 82.3 Å². The zero-order valence-corrected chi connectivity index (χ0v) is 46.1. The number of rotatable bonds is 23. The fourth-order valence-corrected chi connectivity index (χ4v) is 10.7. The van der Waals surface area contributed by atoms with Crippen LogP contribution in [0.15, 0.2) is 188 Å². The molecule has 8 rings (SSSR count). The first-order chi connectivity index (χ1) is 37.4. The van der Waals surface area contributed by atoms with Gasteiger partial charge in [-0.25, -0.2) is 30.0 Å². The maximum atomic E-state index is 13.9. The number of hydroxylamine groups is 2. The highest BCUT2D eigenvalue weighted by molar-refractivity contribution is 7.52. The minimum Gasteiger partial charge on any atom is -0.458 e. The Hall–Kier alpha value is -7.40. The zero-order chi connectivity index (χ0) is 55.6. The lowest BCUT2D eigenvalue weighted by Gasteiger charge is -2.45. The van der Waals surface area contributed by atoms with Gasteiger partial charge in [0.05, 0.1) is 26.6 Å². The van der Waals surface area contributed by atoms with Gasteiger partial charge in [0, 0.05) is 13.2 Å². The van der Waals surface area contributed by atoms with Gasteiger partial charge >= 0.3 is 19.5 Å². The van der Waals surface area contributed by atoms with E-state index in [-0.39, 0.29) is 19.6 Å². The SMILES string of the molecule is CONc1nc(C(c2ccccc2)(c2ccccc2)c2ccccc2)nc2c1ncn2C(CCOCP(=O)(O)OC(C(=O)OC(C)(C)C)C(=O)OC(C)(C)C)CN(OC)C(c1ccccc1)(c1ccccc1)c1ccccc1. The predicted molar refractivity (Wildman–Crippen MR) is 298 cm³/mol. The molecule has 2 heterocycles. The number of hydrogen-bond acceptors (Lipinski definition) is 14. The van der Waals surface area contributed by atoms with E-state index in [0.717, 1.165) is 33.4 Å². The summed E-state index contributed by atoms with van der Waals surface area (Å²) < 4.78 is 38.2. The normalized spacial score (nSPS) is 13.5. The predicted octanol–water partition coefficient (Wildman–Crippen LogP) is 11.2. The summed E-state index contributed by atoms with van der Waals surface area (Å²) in [6.45, 7) is 9.56. The van der Waals surface area contributed by atoms with Crippen LogP contribution in [0.5, 0.6) is 0 Å². The molecule has 16 nitrogen and oxygen atoms in total. The van der Waals surface area contributed by atoms with Crippen LogP contribution in [0.25, 0.3) is 11.2 Å². The number of aromatic nitrogens is 4. The summed E-state index contributed by atoms with van der Waals surface area (Å²) in [4.78, 5) is 66.1. The van der Waals surface area contributed by atoms with Crippen LogP contribution in [0.2, 0.25) is 0 Å². The lowest BCUT2D eigenvalue weighted by Crippen LogP contribution is -2.49. The highest BCUT2D eigenvalue weighted by Gasteiger charge is 2.46. The summed E-state index contributed by atoms with van der Waals surface area (Å²) in [7, 11) is -1.74. The van der Waals surface area contributed by atoms with Crippen LogP contribution in [-0.4, -0.2) is 92.4 Å². The molecule has 2 atom stereocenters. The topological polar surface area (TPSA) is 186 Å². The van der Waals surface area contributed by atoms with Crippen LogP contribution in [0.3, 0.4) is 0 Å². The molecular formula is C61H67N6O10P. The van der Waals surface area contributed by atoms with Gasteiger partial charge in [0.2, 0.25) is 0 Å². The molecule has 6 aromatic carbocycles.